The minimum atomic E-state index is -1.39. The van der Waals surface area contributed by atoms with Gasteiger partial charge in [-0.3, -0.25) is 4.98 Å². The van der Waals surface area contributed by atoms with Crippen LogP contribution in [0.4, 0.5) is 4.79 Å². The highest BCUT2D eigenvalue weighted by atomic mass is 28.3. The standard InChI is InChI=1S/C28H39N3O5Si/c1-28(2,3)26(36-37(4)5)24-23(34-18-20-7-6-14-29-17-20)11-9-21-22(30-35-25(21)24)10-8-19-12-15-31(16-13-19)27(32)33/h6-7,9,11,14,17,19,26,37H,8,10,12-13,15-16,18H2,1-5H3,(H,32,33). The van der Waals surface area contributed by atoms with E-state index >= 15 is 0 Å². The van der Waals surface area contributed by atoms with Gasteiger partial charge in [0.2, 0.25) is 0 Å². The summed E-state index contributed by atoms with van der Waals surface area (Å²) in [6, 6.07) is 7.97. The zero-order valence-electron chi connectivity index (χ0n) is 22.6. The Morgan fingerprint density at radius 1 is 1.24 bits per heavy atom. The number of hydrogen-bond donors (Lipinski definition) is 1. The molecule has 2 aromatic heterocycles. The van der Waals surface area contributed by atoms with Crippen LogP contribution in [0.5, 0.6) is 5.75 Å². The summed E-state index contributed by atoms with van der Waals surface area (Å²) < 4.78 is 19.0. The third kappa shape index (κ3) is 6.70. The quantitative estimate of drug-likeness (QED) is 0.332. The number of amides is 1. The number of fused-ring (bicyclic) bond motifs is 1. The van der Waals surface area contributed by atoms with E-state index in [1.807, 2.05) is 30.5 Å². The van der Waals surface area contributed by atoms with Crippen LogP contribution in [0.1, 0.15) is 63.0 Å². The molecule has 1 N–H and O–H groups in total. The number of likely N-dealkylation sites (tertiary alicyclic amines) is 1. The maximum absolute atomic E-state index is 11.2. The first-order valence-electron chi connectivity index (χ1n) is 13.2. The number of ether oxygens (including phenoxy) is 1. The second-order valence-corrected chi connectivity index (χ2v) is 13.7. The van der Waals surface area contributed by atoms with Gasteiger partial charge in [-0.05, 0) is 68.3 Å². The van der Waals surface area contributed by atoms with Crippen LogP contribution in [-0.2, 0) is 17.5 Å². The zero-order chi connectivity index (χ0) is 26.6. The molecule has 1 saturated heterocycles. The van der Waals surface area contributed by atoms with Crippen molar-refractivity contribution in [3.8, 4) is 5.75 Å². The van der Waals surface area contributed by atoms with E-state index < -0.39 is 15.1 Å². The minimum absolute atomic E-state index is 0.178. The highest BCUT2D eigenvalue weighted by Crippen LogP contribution is 2.45. The molecule has 9 heteroatoms. The van der Waals surface area contributed by atoms with Crippen LogP contribution >= 0.6 is 0 Å². The number of rotatable bonds is 9. The second-order valence-electron chi connectivity index (χ2n) is 11.3. The molecule has 200 valence electrons. The Morgan fingerprint density at radius 2 is 2.00 bits per heavy atom. The first-order valence-corrected chi connectivity index (χ1v) is 16.0. The molecule has 0 saturated carbocycles. The van der Waals surface area contributed by atoms with Gasteiger partial charge in [-0.2, -0.15) is 0 Å². The summed E-state index contributed by atoms with van der Waals surface area (Å²) >= 11 is 0. The Balaban J connectivity index is 1.62. The van der Waals surface area contributed by atoms with Crippen LogP contribution in [0.25, 0.3) is 11.0 Å². The molecule has 0 bridgehead atoms. The van der Waals surface area contributed by atoms with Gasteiger partial charge in [-0.25, -0.2) is 4.79 Å². The lowest BCUT2D eigenvalue weighted by Crippen LogP contribution is -2.37. The highest BCUT2D eigenvalue weighted by Gasteiger charge is 2.34. The summed E-state index contributed by atoms with van der Waals surface area (Å²) in [4.78, 5) is 16.9. The fraction of sp³-hybridized carbons (Fsp3) is 0.536. The number of benzene rings is 1. The van der Waals surface area contributed by atoms with Crippen molar-refractivity contribution in [1.82, 2.24) is 15.0 Å². The molecule has 1 unspecified atom stereocenters. The van der Waals surface area contributed by atoms with Gasteiger partial charge in [0, 0.05) is 36.4 Å². The number of piperidine rings is 1. The number of pyridine rings is 1. The van der Waals surface area contributed by atoms with Crippen LogP contribution in [0.3, 0.4) is 0 Å². The molecule has 1 aliphatic heterocycles. The van der Waals surface area contributed by atoms with E-state index in [0.29, 0.717) is 25.6 Å². The van der Waals surface area contributed by atoms with E-state index in [1.165, 1.54) is 4.90 Å². The Morgan fingerprint density at radius 3 is 2.62 bits per heavy atom. The molecule has 4 rings (SSSR count). The number of aromatic nitrogens is 2. The predicted octanol–water partition coefficient (Wildman–Crippen LogP) is 6.21. The van der Waals surface area contributed by atoms with E-state index in [0.717, 1.165) is 59.2 Å². The summed E-state index contributed by atoms with van der Waals surface area (Å²) in [6.45, 7) is 12.5. The lowest BCUT2D eigenvalue weighted by atomic mass is 9.83. The lowest BCUT2D eigenvalue weighted by molar-refractivity contribution is 0.0831. The van der Waals surface area contributed by atoms with Gasteiger partial charge in [-0.15, -0.1) is 0 Å². The van der Waals surface area contributed by atoms with Crippen molar-refractivity contribution in [3.05, 3.63) is 53.5 Å². The van der Waals surface area contributed by atoms with Gasteiger partial charge >= 0.3 is 6.09 Å². The SMILES string of the molecule is C[SiH](C)OC(c1c(OCc2cccnc2)ccc2c(CCC3CCN(C(=O)O)CC3)noc12)C(C)(C)C. The fourth-order valence-corrected chi connectivity index (χ4v) is 6.08. The van der Waals surface area contributed by atoms with Crippen molar-refractivity contribution >= 4 is 26.1 Å². The molecule has 0 radical (unpaired) electrons. The Labute approximate surface area is 220 Å². The predicted molar refractivity (Wildman–Crippen MR) is 145 cm³/mol. The first-order chi connectivity index (χ1) is 17.6. The molecule has 1 aliphatic rings. The number of aryl methyl sites for hydroxylation is 1. The minimum Gasteiger partial charge on any atom is -0.488 e. The smallest absolute Gasteiger partial charge is 0.407 e. The third-order valence-corrected chi connectivity index (χ3v) is 7.78. The van der Waals surface area contributed by atoms with Crippen molar-refractivity contribution in [2.45, 2.75) is 72.3 Å². The van der Waals surface area contributed by atoms with Crippen LogP contribution in [0, 0.1) is 11.3 Å². The molecule has 1 amide bonds. The Bertz CT molecular complexity index is 1180. The zero-order valence-corrected chi connectivity index (χ0v) is 23.7. The molecule has 3 aromatic rings. The van der Waals surface area contributed by atoms with Crippen molar-refractivity contribution in [2.24, 2.45) is 11.3 Å². The van der Waals surface area contributed by atoms with Gasteiger partial charge in [0.05, 0.1) is 17.4 Å². The highest BCUT2D eigenvalue weighted by molar-refractivity contribution is 6.48. The maximum Gasteiger partial charge on any atom is 0.407 e. The molecular formula is C28H39N3O5Si. The number of hydrogen-bond acceptors (Lipinski definition) is 6. The van der Waals surface area contributed by atoms with Crippen molar-refractivity contribution in [2.75, 3.05) is 13.1 Å². The molecule has 8 nitrogen and oxygen atoms in total. The van der Waals surface area contributed by atoms with Gasteiger partial charge in [0.25, 0.3) is 0 Å². The van der Waals surface area contributed by atoms with E-state index in [9.17, 15) is 9.90 Å². The number of carboxylic acid groups (broad SMARTS) is 1. The van der Waals surface area contributed by atoms with Crippen LogP contribution in [0.2, 0.25) is 13.1 Å². The summed E-state index contributed by atoms with van der Waals surface area (Å²) in [7, 11) is -1.39. The fourth-order valence-electron chi connectivity index (χ4n) is 4.99. The number of carbonyl (C=O) groups is 1. The molecule has 1 fully saturated rings. The topological polar surface area (TPSA) is 97.9 Å². The molecular weight excluding hydrogens is 486 g/mol. The van der Waals surface area contributed by atoms with Gasteiger partial charge in [-0.1, -0.05) is 32.0 Å². The average molecular weight is 526 g/mol. The van der Waals surface area contributed by atoms with Gasteiger partial charge in [0.15, 0.2) is 14.6 Å². The van der Waals surface area contributed by atoms with Crippen LogP contribution < -0.4 is 4.74 Å². The summed E-state index contributed by atoms with van der Waals surface area (Å²) in [5.41, 5.74) is 3.40. The molecule has 37 heavy (non-hydrogen) atoms. The number of nitrogens with zero attached hydrogens (tertiary/aromatic N) is 3. The third-order valence-electron chi connectivity index (χ3n) is 6.96. The monoisotopic (exact) mass is 525 g/mol. The lowest BCUT2D eigenvalue weighted by Gasteiger charge is -2.33. The van der Waals surface area contributed by atoms with E-state index in [4.69, 9.17) is 13.7 Å². The normalized spacial score (nSPS) is 15.9. The summed E-state index contributed by atoms with van der Waals surface area (Å²) in [5.74, 6) is 1.23. The average Bonchev–Trinajstić information content (AvgIpc) is 3.28. The Kier molecular flexibility index (Phi) is 8.54. The largest absolute Gasteiger partial charge is 0.488 e. The van der Waals surface area contributed by atoms with Crippen LogP contribution in [0.15, 0.2) is 41.2 Å². The first kappa shape index (κ1) is 27.1. The molecule has 3 heterocycles. The van der Waals surface area contributed by atoms with Gasteiger partial charge in [0.1, 0.15) is 12.4 Å². The summed E-state index contributed by atoms with van der Waals surface area (Å²) in [5, 5.41) is 14.7. The maximum atomic E-state index is 11.2. The van der Waals surface area contributed by atoms with E-state index in [2.05, 4.69) is 44.0 Å². The second kappa shape index (κ2) is 11.6. The van der Waals surface area contributed by atoms with Crippen molar-refractivity contribution < 1.29 is 23.6 Å². The van der Waals surface area contributed by atoms with Crippen molar-refractivity contribution in [3.63, 3.8) is 0 Å². The van der Waals surface area contributed by atoms with Gasteiger partial charge < -0.3 is 23.7 Å². The molecule has 1 aromatic carbocycles. The van der Waals surface area contributed by atoms with E-state index in [-0.39, 0.29) is 11.5 Å². The van der Waals surface area contributed by atoms with Crippen molar-refractivity contribution in [1.29, 1.82) is 0 Å². The molecule has 0 aliphatic carbocycles. The van der Waals surface area contributed by atoms with E-state index in [1.54, 1.807) is 6.20 Å². The van der Waals surface area contributed by atoms with Crippen LogP contribution in [-0.4, -0.2) is 48.4 Å². The summed E-state index contributed by atoms with van der Waals surface area (Å²) in [6.07, 6.45) is 6.07. The molecule has 1 atom stereocenters. The Hall–Kier alpha value is -2.91. The molecule has 0 spiro atoms.